The standard InChI is InChI=1S/C18H15ClN2O3/c1-3-16(22)20-12-5-7-15(10(2)8-12)21-17(23)13-6-4-11(19)9-14(13)18(21)24/h4-9H,3H2,1-2H3,(H,20,22). The molecule has 0 saturated carbocycles. The van der Waals surface area contributed by atoms with Gasteiger partial charge in [-0.25, -0.2) is 4.90 Å². The van der Waals surface area contributed by atoms with E-state index >= 15 is 0 Å². The molecule has 0 bridgehead atoms. The summed E-state index contributed by atoms with van der Waals surface area (Å²) in [6, 6.07) is 9.71. The Morgan fingerprint density at radius 3 is 2.46 bits per heavy atom. The summed E-state index contributed by atoms with van der Waals surface area (Å²) in [4.78, 5) is 37.8. The molecular weight excluding hydrogens is 328 g/mol. The highest BCUT2D eigenvalue weighted by molar-refractivity contribution is 6.36. The SMILES string of the molecule is CCC(=O)Nc1ccc(N2C(=O)c3ccc(Cl)cc3C2=O)c(C)c1. The molecule has 1 heterocycles. The van der Waals surface area contributed by atoms with Crippen LogP contribution < -0.4 is 10.2 Å². The largest absolute Gasteiger partial charge is 0.326 e. The molecule has 2 aromatic carbocycles. The molecule has 1 aliphatic heterocycles. The first-order valence-corrected chi connectivity index (χ1v) is 7.89. The van der Waals surface area contributed by atoms with Crippen molar-refractivity contribution < 1.29 is 14.4 Å². The molecule has 24 heavy (non-hydrogen) atoms. The molecule has 6 heteroatoms. The predicted molar refractivity (Wildman–Crippen MR) is 92.7 cm³/mol. The number of rotatable bonds is 3. The zero-order chi connectivity index (χ0) is 17.4. The average molecular weight is 343 g/mol. The van der Waals surface area contributed by atoms with Gasteiger partial charge in [-0.1, -0.05) is 18.5 Å². The number of carbonyl (C=O) groups excluding carboxylic acids is 3. The molecular formula is C18H15ClN2O3. The molecule has 3 amide bonds. The first-order valence-electron chi connectivity index (χ1n) is 7.51. The monoisotopic (exact) mass is 342 g/mol. The minimum Gasteiger partial charge on any atom is -0.326 e. The zero-order valence-corrected chi connectivity index (χ0v) is 14.0. The number of benzene rings is 2. The third-order valence-electron chi connectivity index (χ3n) is 3.89. The van der Waals surface area contributed by atoms with Crippen LogP contribution in [0.25, 0.3) is 0 Å². The Hall–Kier alpha value is -2.66. The number of imide groups is 1. The number of halogens is 1. The van der Waals surface area contributed by atoms with E-state index in [1.54, 1.807) is 44.2 Å². The molecule has 0 fully saturated rings. The van der Waals surface area contributed by atoms with E-state index in [0.29, 0.717) is 39.5 Å². The van der Waals surface area contributed by atoms with Gasteiger partial charge >= 0.3 is 0 Å². The van der Waals surface area contributed by atoms with Gasteiger partial charge in [0.2, 0.25) is 5.91 Å². The molecule has 1 aliphatic rings. The molecule has 0 radical (unpaired) electrons. The first kappa shape index (κ1) is 16.2. The quantitative estimate of drug-likeness (QED) is 0.863. The second-order valence-corrected chi connectivity index (χ2v) is 5.98. The van der Waals surface area contributed by atoms with E-state index in [0.717, 1.165) is 4.90 Å². The summed E-state index contributed by atoms with van der Waals surface area (Å²) in [6.45, 7) is 3.55. The summed E-state index contributed by atoms with van der Waals surface area (Å²) in [5, 5.41) is 3.16. The molecule has 0 aliphatic carbocycles. The minimum absolute atomic E-state index is 0.0995. The van der Waals surface area contributed by atoms with Crippen LogP contribution >= 0.6 is 11.6 Å². The highest BCUT2D eigenvalue weighted by Crippen LogP contribution is 2.33. The molecule has 0 aromatic heterocycles. The van der Waals surface area contributed by atoms with Gasteiger partial charge in [-0.15, -0.1) is 0 Å². The summed E-state index contributed by atoms with van der Waals surface area (Å²) in [6.07, 6.45) is 0.375. The van der Waals surface area contributed by atoms with Crippen molar-refractivity contribution >= 4 is 40.7 Å². The maximum atomic E-state index is 12.6. The Labute approximate surface area is 144 Å². The number of amides is 3. The van der Waals surface area contributed by atoms with Gasteiger partial charge in [-0.3, -0.25) is 14.4 Å². The van der Waals surface area contributed by atoms with Crippen LogP contribution in [-0.2, 0) is 4.79 Å². The van der Waals surface area contributed by atoms with Crippen molar-refractivity contribution in [2.75, 3.05) is 10.2 Å². The number of nitrogens with one attached hydrogen (secondary N) is 1. The topological polar surface area (TPSA) is 66.5 Å². The van der Waals surface area contributed by atoms with Crippen LogP contribution in [-0.4, -0.2) is 17.7 Å². The van der Waals surface area contributed by atoms with Gasteiger partial charge < -0.3 is 5.32 Å². The highest BCUT2D eigenvalue weighted by Gasteiger charge is 2.37. The fourth-order valence-electron chi connectivity index (χ4n) is 2.67. The number of aryl methyl sites for hydroxylation is 1. The van der Waals surface area contributed by atoms with Crippen molar-refractivity contribution in [2.45, 2.75) is 20.3 Å². The van der Waals surface area contributed by atoms with Gasteiger partial charge in [0.1, 0.15) is 0 Å². The van der Waals surface area contributed by atoms with E-state index in [1.807, 2.05) is 0 Å². The van der Waals surface area contributed by atoms with Crippen LogP contribution in [0.3, 0.4) is 0 Å². The second-order valence-electron chi connectivity index (χ2n) is 5.54. The van der Waals surface area contributed by atoms with Crippen LogP contribution in [0.2, 0.25) is 5.02 Å². The van der Waals surface area contributed by atoms with Gasteiger partial charge in [-0.2, -0.15) is 0 Å². The van der Waals surface area contributed by atoms with Gasteiger partial charge in [0.05, 0.1) is 16.8 Å². The van der Waals surface area contributed by atoms with Crippen LogP contribution in [0.4, 0.5) is 11.4 Å². The van der Waals surface area contributed by atoms with Crippen molar-refractivity contribution in [1.29, 1.82) is 0 Å². The van der Waals surface area contributed by atoms with Crippen molar-refractivity contribution in [3.05, 3.63) is 58.1 Å². The fraction of sp³-hybridized carbons (Fsp3) is 0.167. The normalized spacial score (nSPS) is 13.2. The lowest BCUT2D eigenvalue weighted by molar-refractivity contribution is -0.115. The van der Waals surface area contributed by atoms with E-state index < -0.39 is 5.91 Å². The van der Waals surface area contributed by atoms with Gasteiger partial charge in [-0.05, 0) is 48.9 Å². The van der Waals surface area contributed by atoms with Crippen LogP contribution in [0.5, 0.6) is 0 Å². The number of fused-ring (bicyclic) bond motifs is 1. The van der Waals surface area contributed by atoms with Crippen molar-refractivity contribution in [3.8, 4) is 0 Å². The molecule has 0 atom stereocenters. The maximum Gasteiger partial charge on any atom is 0.266 e. The molecule has 1 N–H and O–H groups in total. The molecule has 122 valence electrons. The molecule has 0 unspecified atom stereocenters. The van der Waals surface area contributed by atoms with Crippen molar-refractivity contribution in [2.24, 2.45) is 0 Å². The summed E-state index contributed by atoms with van der Waals surface area (Å²) in [7, 11) is 0. The van der Waals surface area contributed by atoms with Gasteiger partial charge in [0.15, 0.2) is 0 Å². The van der Waals surface area contributed by atoms with E-state index in [-0.39, 0.29) is 11.8 Å². The zero-order valence-electron chi connectivity index (χ0n) is 13.2. The van der Waals surface area contributed by atoms with E-state index in [4.69, 9.17) is 11.6 Å². The van der Waals surface area contributed by atoms with E-state index in [2.05, 4.69) is 5.32 Å². The fourth-order valence-corrected chi connectivity index (χ4v) is 2.84. The van der Waals surface area contributed by atoms with Gasteiger partial charge in [0, 0.05) is 17.1 Å². The third-order valence-corrected chi connectivity index (χ3v) is 4.13. The number of anilines is 2. The smallest absolute Gasteiger partial charge is 0.266 e. The lowest BCUT2D eigenvalue weighted by atomic mass is 10.1. The Kier molecular flexibility index (Phi) is 4.11. The molecule has 0 spiro atoms. The number of nitrogens with zero attached hydrogens (tertiary/aromatic N) is 1. The first-order chi connectivity index (χ1) is 11.4. The van der Waals surface area contributed by atoms with E-state index in [9.17, 15) is 14.4 Å². The second kappa shape index (κ2) is 6.09. The van der Waals surface area contributed by atoms with Gasteiger partial charge in [0.25, 0.3) is 11.8 Å². The Bertz CT molecular complexity index is 877. The molecule has 3 rings (SSSR count). The number of hydrogen-bond donors (Lipinski definition) is 1. The third kappa shape index (κ3) is 2.67. The predicted octanol–water partition coefficient (Wildman–Crippen LogP) is 3.80. The van der Waals surface area contributed by atoms with Crippen LogP contribution in [0.15, 0.2) is 36.4 Å². The molecule has 5 nitrogen and oxygen atoms in total. The Morgan fingerprint density at radius 1 is 1.08 bits per heavy atom. The maximum absolute atomic E-state index is 12.6. The number of carbonyl (C=O) groups is 3. The Balaban J connectivity index is 1.97. The van der Waals surface area contributed by atoms with Crippen LogP contribution in [0, 0.1) is 6.92 Å². The summed E-state index contributed by atoms with van der Waals surface area (Å²) in [5.41, 5.74) is 2.47. The lowest BCUT2D eigenvalue weighted by Crippen LogP contribution is -2.30. The van der Waals surface area contributed by atoms with Crippen molar-refractivity contribution in [1.82, 2.24) is 0 Å². The summed E-state index contributed by atoms with van der Waals surface area (Å²) >= 11 is 5.92. The lowest BCUT2D eigenvalue weighted by Gasteiger charge is -2.17. The van der Waals surface area contributed by atoms with Crippen molar-refractivity contribution in [3.63, 3.8) is 0 Å². The molecule has 2 aromatic rings. The van der Waals surface area contributed by atoms with E-state index in [1.165, 1.54) is 6.07 Å². The summed E-state index contributed by atoms with van der Waals surface area (Å²) < 4.78 is 0. The summed E-state index contributed by atoms with van der Waals surface area (Å²) in [5.74, 6) is -0.872. The van der Waals surface area contributed by atoms with Crippen LogP contribution in [0.1, 0.15) is 39.6 Å². The highest BCUT2D eigenvalue weighted by atomic mass is 35.5. The Morgan fingerprint density at radius 2 is 1.79 bits per heavy atom. The number of hydrogen-bond acceptors (Lipinski definition) is 3. The average Bonchev–Trinajstić information content (AvgIpc) is 2.79. The molecule has 0 saturated heterocycles. The minimum atomic E-state index is -0.397.